The van der Waals surface area contributed by atoms with E-state index in [1.54, 1.807) is 14.2 Å². The number of benzene rings is 2. The molecule has 0 fully saturated rings. The van der Waals surface area contributed by atoms with Gasteiger partial charge in [0.05, 0.1) is 0 Å². The summed E-state index contributed by atoms with van der Waals surface area (Å²) in [5.41, 5.74) is 5.33. The van der Waals surface area contributed by atoms with Crippen LogP contribution in [0.15, 0.2) is 30.3 Å². The van der Waals surface area contributed by atoms with Crippen molar-refractivity contribution in [1.29, 1.82) is 0 Å². The Morgan fingerprint density at radius 3 is 2.41 bits per heavy atom. The van der Waals surface area contributed by atoms with Crippen LogP contribution < -0.4 is 0 Å². The fraction of sp³-hybridized carbons (Fsp3) is 0.400. The van der Waals surface area contributed by atoms with Gasteiger partial charge in [0.1, 0.15) is 22.5 Å². The smallest absolute Gasteiger partial charge is 0.334 e. The number of hydrogen-bond donors (Lipinski definition) is 1. The largest absolute Gasteiger partial charge is 0.505 e. The van der Waals surface area contributed by atoms with Crippen molar-refractivity contribution < 1.29 is 14.0 Å². The number of fused-ring (bicyclic) bond motifs is 1. The molecule has 0 aliphatic rings. The lowest BCUT2D eigenvalue weighted by atomic mass is 10.0. The van der Waals surface area contributed by atoms with Gasteiger partial charge in [0.2, 0.25) is 0 Å². The molecular formula is C20H27N3O3Si. The Hall–Kier alpha value is -2.22. The second-order valence-electron chi connectivity index (χ2n) is 7.17. The molecule has 7 heteroatoms. The van der Waals surface area contributed by atoms with Crippen LogP contribution in [-0.2, 0) is 15.3 Å². The Bertz CT molecular complexity index is 951. The average Bonchev–Trinajstić information content (AvgIpc) is 3.06. The number of rotatable bonds is 7. The third kappa shape index (κ3) is 4.21. The van der Waals surface area contributed by atoms with E-state index in [0.29, 0.717) is 5.69 Å². The Morgan fingerprint density at radius 1 is 1.00 bits per heavy atom. The van der Waals surface area contributed by atoms with Crippen molar-refractivity contribution in [3.63, 3.8) is 0 Å². The molecule has 0 aliphatic heterocycles. The number of phenolic OH excluding ortho intramolecular Hbond substituents is 1. The summed E-state index contributed by atoms with van der Waals surface area (Å²) in [5, 5.41) is 19.9. The Morgan fingerprint density at radius 2 is 1.70 bits per heavy atom. The van der Waals surface area contributed by atoms with E-state index < -0.39 is 8.56 Å². The first-order chi connectivity index (χ1) is 12.8. The first kappa shape index (κ1) is 19.5. The van der Waals surface area contributed by atoms with Crippen LogP contribution >= 0.6 is 0 Å². The molecule has 1 aromatic heterocycles. The molecule has 0 saturated heterocycles. The molecule has 0 saturated carbocycles. The third-order valence-electron chi connectivity index (χ3n) is 5.00. The van der Waals surface area contributed by atoms with Gasteiger partial charge in [-0.05, 0) is 74.2 Å². The van der Waals surface area contributed by atoms with Crippen molar-refractivity contribution in [2.24, 2.45) is 0 Å². The summed E-state index contributed by atoms with van der Waals surface area (Å²) in [6.45, 7) is 6.09. The van der Waals surface area contributed by atoms with Gasteiger partial charge in [-0.1, -0.05) is 12.1 Å². The van der Waals surface area contributed by atoms with Gasteiger partial charge in [-0.25, -0.2) is 0 Å². The maximum atomic E-state index is 10.8. The molecule has 27 heavy (non-hydrogen) atoms. The number of aromatic hydroxyl groups is 1. The number of aryl methyl sites for hydroxylation is 3. The van der Waals surface area contributed by atoms with E-state index in [2.05, 4.69) is 16.7 Å². The summed E-state index contributed by atoms with van der Waals surface area (Å²) in [7, 11) is 1.31. The van der Waals surface area contributed by atoms with Gasteiger partial charge in [-0.3, -0.25) is 0 Å². The second kappa shape index (κ2) is 7.80. The van der Waals surface area contributed by atoms with Crippen LogP contribution in [0.1, 0.15) is 23.1 Å². The number of aromatic nitrogens is 3. The van der Waals surface area contributed by atoms with Crippen molar-refractivity contribution >= 4 is 19.6 Å². The zero-order valence-electron chi connectivity index (χ0n) is 16.6. The lowest BCUT2D eigenvalue weighted by Crippen LogP contribution is -2.35. The van der Waals surface area contributed by atoms with Crippen LogP contribution in [0.4, 0.5) is 0 Å². The zero-order chi connectivity index (χ0) is 19.6. The fourth-order valence-corrected chi connectivity index (χ4v) is 4.59. The van der Waals surface area contributed by atoms with E-state index in [9.17, 15) is 5.11 Å². The van der Waals surface area contributed by atoms with Crippen LogP contribution in [0.3, 0.4) is 0 Å². The summed E-state index contributed by atoms with van der Waals surface area (Å²) in [5.74, 6) is 0.232. The summed E-state index contributed by atoms with van der Waals surface area (Å²) < 4.78 is 11.1. The topological polar surface area (TPSA) is 69.4 Å². The predicted molar refractivity (Wildman–Crippen MR) is 109 cm³/mol. The van der Waals surface area contributed by atoms with Gasteiger partial charge in [-0.15, -0.1) is 15.0 Å². The van der Waals surface area contributed by atoms with E-state index in [1.165, 1.54) is 4.80 Å². The standard InChI is InChI=1S/C20H27N3O3Si/c1-14-8-9-17-18(12-14)22-23(21-17)19-13-15(2)11-16(20(19)24)7-6-10-27(5,25-3)26-4/h8-9,11-13,24H,6-7,10H2,1-5H3. The summed E-state index contributed by atoms with van der Waals surface area (Å²) in [6, 6.07) is 10.7. The molecule has 0 bridgehead atoms. The van der Waals surface area contributed by atoms with Gasteiger partial charge in [0.15, 0.2) is 0 Å². The minimum Gasteiger partial charge on any atom is -0.505 e. The second-order valence-corrected chi connectivity index (χ2v) is 10.8. The SMILES string of the molecule is CO[Si](C)(CCCc1cc(C)cc(-n2nc3ccc(C)cc3n2)c1O)OC. The number of nitrogens with zero attached hydrogens (tertiary/aromatic N) is 3. The maximum absolute atomic E-state index is 10.8. The van der Waals surface area contributed by atoms with Crippen molar-refractivity contribution in [2.45, 2.75) is 39.3 Å². The monoisotopic (exact) mass is 385 g/mol. The van der Waals surface area contributed by atoms with E-state index >= 15 is 0 Å². The summed E-state index contributed by atoms with van der Waals surface area (Å²) in [4.78, 5) is 1.53. The molecule has 3 rings (SSSR count). The van der Waals surface area contributed by atoms with Crippen LogP contribution in [0.2, 0.25) is 12.6 Å². The Labute approximate surface area is 161 Å². The third-order valence-corrected chi connectivity index (χ3v) is 7.99. The van der Waals surface area contributed by atoms with E-state index in [0.717, 1.165) is 46.6 Å². The van der Waals surface area contributed by atoms with Crippen LogP contribution in [-0.4, -0.2) is 42.9 Å². The van der Waals surface area contributed by atoms with Gasteiger partial charge in [0.25, 0.3) is 0 Å². The highest BCUT2D eigenvalue weighted by Gasteiger charge is 2.28. The van der Waals surface area contributed by atoms with Crippen LogP contribution in [0.5, 0.6) is 5.75 Å². The van der Waals surface area contributed by atoms with E-state index in [-0.39, 0.29) is 5.75 Å². The first-order valence-electron chi connectivity index (χ1n) is 9.12. The van der Waals surface area contributed by atoms with Crippen LogP contribution in [0.25, 0.3) is 16.7 Å². The molecule has 1 heterocycles. The Balaban J connectivity index is 1.88. The molecular weight excluding hydrogens is 358 g/mol. The average molecular weight is 386 g/mol. The highest BCUT2D eigenvalue weighted by molar-refractivity contribution is 6.65. The highest BCUT2D eigenvalue weighted by Crippen LogP contribution is 2.30. The van der Waals surface area contributed by atoms with Crippen molar-refractivity contribution in [2.75, 3.05) is 14.2 Å². The van der Waals surface area contributed by atoms with Crippen molar-refractivity contribution in [3.8, 4) is 11.4 Å². The lowest BCUT2D eigenvalue weighted by Gasteiger charge is -2.22. The summed E-state index contributed by atoms with van der Waals surface area (Å²) >= 11 is 0. The van der Waals surface area contributed by atoms with Crippen molar-refractivity contribution in [3.05, 3.63) is 47.0 Å². The summed E-state index contributed by atoms with van der Waals surface area (Å²) in [6.07, 6.45) is 1.63. The van der Waals surface area contributed by atoms with E-state index in [1.807, 2.05) is 44.2 Å². The number of hydrogen-bond acceptors (Lipinski definition) is 5. The van der Waals surface area contributed by atoms with E-state index in [4.69, 9.17) is 8.85 Å². The number of phenols is 1. The van der Waals surface area contributed by atoms with Gasteiger partial charge in [0, 0.05) is 14.2 Å². The van der Waals surface area contributed by atoms with Crippen molar-refractivity contribution in [1.82, 2.24) is 15.0 Å². The predicted octanol–water partition coefficient (Wildman–Crippen LogP) is 4.04. The molecule has 0 unspecified atom stereocenters. The van der Waals surface area contributed by atoms with Gasteiger partial charge in [-0.2, -0.15) is 0 Å². The quantitative estimate of drug-likeness (QED) is 0.622. The minimum atomic E-state index is -2.10. The molecule has 1 N–H and O–H groups in total. The highest BCUT2D eigenvalue weighted by atomic mass is 28.4. The van der Waals surface area contributed by atoms with Gasteiger partial charge < -0.3 is 14.0 Å². The molecule has 6 nitrogen and oxygen atoms in total. The Kier molecular flexibility index (Phi) is 5.64. The minimum absolute atomic E-state index is 0.232. The van der Waals surface area contributed by atoms with Gasteiger partial charge >= 0.3 is 8.56 Å². The zero-order valence-corrected chi connectivity index (χ0v) is 17.6. The molecule has 2 aromatic carbocycles. The molecule has 3 aromatic rings. The normalized spacial score (nSPS) is 12.0. The fourth-order valence-electron chi connectivity index (χ4n) is 3.20. The molecule has 0 radical (unpaired) electrons. The molecule has 0 aliphatic carbocycles. The molecule has 0 spiro atoms. The lowest BCUT2D eigenvalue weighted by molar-refractivity contribution is 0.248. The maximum Gasteiger partial charge on any atom is 0.334 e. The first-order valence-corrected chi connectivity index (χ1v) is 11.6. The molecule has 0 atom stereocenters. The molecule has 0 amide bonds. The van der Waals surface area contributed by atoms with Crippen LogP contribution in [0, 0.1) is 13.8 Å². The molecule has 144 valence electrons.